The lowest BCUT2D eigenvalue weighted by Crippen LogP contribution is -2.47. The molecule has 0 aromatic heterocycles. The molecule has 5 N–H and O–H groups in total. The zero-order valence-corrected chi connectivity index (χ0v) is 9.90. The lowest BCUT2D eigenvalue weighted by Gasteiger charge is -2.23. The summed E-state index contributed by atoms with van der Waals surface area (Å²) in [6.45, 7) is 0.493. The van der Waals surface area contributed by atoms with Gasteiger partial charge in [-0.2, -0.15) is 0 Å². The molecule has 96 valence electrons. The number of carbonyl (C=O) groups excluding carboxylic acids is 2. The molecule has 0 saturated carbocycles. The molecule has 0 aliphatic carbocycles. The predicted octanol–water partition coefficient (Wildman–Crippen LogP) is -0.0194. The molecule has 1 unspecified atom stereocenters. The number of hydrogen-bond donors (Lipinski definition) is 4. The molecule has 1 aliphatic heterocycles. The summed E-state index contributed by atoms with van der Waals surface area (Å²) in [4.78, 5) is 22.9. The normalized spacial score (nSPS) is 18.9. The molecule has 1 fully saturated rings. The van der Waals surface area contributed by atoms with Gasteiger partial charge in [0, 0.05) is 30.3 Å². The number of benzene rings is 1. The van der Waals surface area contributed by atoms with E-state index in [0.717, 1.165) is 5.69 Å². The minimum atomic E-state index is -0.139. The second-order valence-corrected chi connectivity index (χ2v) is 4.23. The van der Waals surface area contributed by atoms with Gasteiger partial charge in [-0.1, -0.05) is 0 Å². The number of nitrogens with one attached hydrogen (secondary N) is 3. The van der Waals surface area contributed by atoms with Gasteiger partial charge >= 0.3 is 0 Å². The molecular weight excluding hydrogens is 232 g/mol. The summed E-state index contributed by atoms with van der Waals surface area (Å²) < 4.78 is 0. The number of rotatable bonds is 3. The van der Waals surface area contributed by atoms with Crippen molar-refractivity contribution < 1.29 is 9.59 Å². The van der Waals surface area contributed by atoms with Crippen LogP contribution in [0, 0.1) is 0 Å². The zero-order chi connectivity index (χ0) is 13.0. The number of piperidine rings is 1. The monoisotopic (exact) mass is 248 g/mol. The summed E-state index contributed by atoms with van der Waals surface area (Å²) in [6.07, 6.45) is 1.14. The molecule has 18 heavy (non-hydrogen) atoms. The second kappa shape index (κ2) is 5.50. The van der Waals surface area contributed by atoms with Crippen LogP contribution in [0.2, 0.25) is 0 Å². The molecule has 0 spiro atoms. The first-order valence-electron chi connectivity index (χ1n) is 5.83. The van der Waals surface area contributed by atoms with Crippen LogP contribution in [-0.2, 0) is 4.79 Å². The molecular formula is C12H16N4O2. The lowest BCUT2D eigenvalue weighted by atomic mass is 10.1. The molecule has 2 amide bonds. The Kier molecular flexibility index (Phi) is 3.78. The van der Waals surface area contributed by atoms with Gasteiger partial charge in [0.2, 0.25) is 5.91 Å². The van der Waals surface area contributed by atoms with Crippen molar-refractivity contribution in [3.05, 3.63) is 29.8 Å². The Morgan fingerprint density at radius 2 is 2.06 bits per heavy atom. The van der Waals surface area contributed by atoms with Crippen LogP contribution < -0.4 is 21.9 Å². The Balaban J connectivity index is 1.92. The first kappa shape index (κ1) is 12.4. The number of nitrogens with two attached hydrogens (primary N) is 1. The summed E-state index contributed by atoms with van der Waals surface area (Å²) in [5, 5.41) is 5.61. The third kappa shape index (κ3) is 2.98. The van der Waals surface area contributed by atoms with Crippen LogP contribution in [0.1, 0.15) is 23.2 Å². The molecule has 2 rings (SSSR count). The van der Waals surface area contributed by atoms with Crippen molar-refractivity contribution in [2.45, 2.75) is 18.9 Å². The fraction of sp³-hybridized carbons (Fsp3) is 0.333. The SMILES string of the molecule is NNc1ccc(C(=O)NC2CCC(=O)NC2)cc1. The molecule has 1 aliphatic rings. The fourth-order valence-electron chi connectivity index (χ4n) is 1.84. The van der Waals surface area contributed by atoms with E-state index in [1.807, 2.05) is 0 Å². The van der Waals surface area contributed by atoms with Crippen molar-refractivity contribution >= 4 is 17.5 Å². The van der Waals surface area contributed by atoms with E-state index in [9.17, 15) is 9.59 Å². The summed E-state index contributed by atoms with van der Waals surface area (Å²) in [5.41, 5.74) is 3.82. The van der Waals surface area contributed by atoms with Crippen molar-refractivity contribution in [3.8, 4) is 0 Å². The molecule has 6 nitrogen and oxygen atoms in total. The highest BCUT2D eigenvalue weighted by molar-refractivity contribution is 5.94. The van der Waals surface area contributed by atoms with E-state index >= 15 is 0 Å². The van der Waals surface area contributed by atoms with E-state index in [4.69, 9.17) is 5.84 Å². The van der Waals surface area contributed by atoms with Crippen molar-refractivity contribution in [2.24, 2.45) is 5.84 Å². The van der Waals surface area contributed by atoms with Gasteiger partial charge in [-0.3, -0.25) is 15.4 Å². The summed E-state index contributed by atoms with van der Waals surface area (Å²) in [5.74, 6) is 5.15. The molecule has 1 saturated heterocycles. The van der Waals surface area contributed by atoms with Crippen LogP contribution >= 0.6 is 0 Å². The van der Waals surface area contributed by atoms with E-state index in [2.05, 4.69) is 16.1 Å². The van der Waals surface area contributed by atoms with Gasteiger partial charge in [-0.15, -0.1) is 0 Å². The third-order valence-electron chi connectivity index (χ3n) is 2.91. The van der Waals surface area contributed by atoms with Gasteiger partial charge in [-0.25, -0.2) is 0 Å². The second-order valence-electron chi connectivity index (χ2n) is 4.23. The highest BCUT2D eigenvalue weighted by atomic mass is 16.2. The predicted molar refractivity (Wildman–Crippen MR) is 67.8 cm³/mol. The van der Waals surface area contributed by atoms with Crippen LogP contribution in [0.5, 0.6) is 0 Å². The van der Waals surface area contributed by atoms with Crippen molar-refractivity contribution in [1.82, 2.24) is 10.6 Å². The van der Waals surface area contributed by atoms with E-state index in [1.165, 1.54) is 0 Å². The maximum Gasteiger partial charge on any atom is 0.251 e. The van der Waals surface area contributed by atoms with Gasteiger partial charge in [0.25, 0.3) is 5.91 Å². The zero-order valence-electron chi connectivity index (χ0n) is 9.90. The van der Waals surface area contributed by atoms with Crippen LogP contribution in [0.3, 0.4) is 0 Å². The smallest absolute Gasteiger partial charge is 0.251 e. The number of carbonyl (C=O) groups is 2. The van der Waals surface area contributed by atoms with Gasteiger partial charge in [-0.05, 0) is 30.7 Å². The number of hydrazine groups is 1. The van der Waals surface area contributed by atoms with E-state index in [-0.39, 0.29) is 17.9 Å². The number of hydrogen-bond acceptors (Lipinski definition) is 4. The molecule has 0 radical (unpaired) electrons. The maximum absolute atomic E-state index is 11.9. The first-order valence-corrected chi connectivity index (χ1v) is 5.83. The first-order chi connectivity index (χ1) is 8.69. The van der Waals surface area contributed by atoms with Crippen LogP contribution in [0.15, 0.2) is 24.3 Å². The maximum atomic E-state index is 11.9. The molecule has 6 heteroatoms. The van der Waals surface area contributed by atoms with Crippen LogP contribution in [0.4, 0.5) is 5.69 Å². The van der Waals surface area contributed by atoms with Gasteiger partial charge in [0.15, 0.2) is 0 Å². The fourth-order valence-corrected chi connectivity index (χ4v) is 1.84. The largest absolute Gasteiger partial charge is 0.354 e. The summed E-state index contributed by atoms with van der Waals surface area (Å²) in [6, 6.07) is 6.87. The molecule has 1 aromatic carbocycles. The van der Waals surface area contributed by atoms with Crippen LogP contribution in [-0.4, -0.2) is 24.4 Å². The quantitative estimate of drug-likeness (QED) is 0.446. The standard InChI is InChI=1S/C12H16N4O2/c13-16-9-3-1-8(2-4-9)12(18)15-10-5-6-11(17)14-7-10/h1-4,10,16H,5-7,13H2,(H,14,17)(H,15,18). The molecule has 1 aromatic rings. The van der Waals surface area contributed by atoms with E-state index < -0.39 is 0 Å². The summed E-state index contributed by atoms with van der Waals surface area (Å²) >= 11 is 0. The third-order valence-corrected chi connectivity index (χ3v) is 2.91. The highest BCUT2D eigenvalue weighted by Crippen LogP contribution is 2.09. The average molecular weight is 248 g/mol. The van der Waals surface area contributed by atoms with Gasteiger partial charge in [0.1, 0.15) is 0 Å². The minimum absolute atomic E-state index is 0.00232. The average Bonchev–Trinajstić information content (AvgIpc) is 2.41. The number of amides is 2. The molecule has 1 heterocycles. The van der Waals surface area contributed by atoms with Crippen molar-refractivity contribution in [1.29, 1.82) is 0 Å². The van der Waals surface area contributed by atoms with Gasteiger partial charge in [0.05, 0.1) is 0 Å². The van der Waals surface area contributed by atoms with Crippen LogP contribution in [0.25, 0.3) is 0 Å². The van der Waals surface area contributed by atoms with E-state index in [1.54, 1.807) is 24.3 Å². The molecule has 0 bridgehead atoms. The number of anilines is 1. The van der Waals surface area contributed by atoms with Crippen molar-refractivity contribution in [3.63, 3.8) is 0 Å². The Hall–Kier alpha value is -2.08. The Labute approximate surface area is 105 Å². The molecule has 1 atom stereocenters. The Morgan fingerprint density at radius 3 is 2.61 bits per heavy atom. The summed E-state index contributed by atoms with van der Waals surface area (Å²) in [7, 11) is 0. The lowest BCUT2D eigenvalue weighted by molar-refractivity contribution is -0.122. The Morgan fingerprint density at radius 1 is 1.33 bits per heavy atom. The number of nitrogen functional groups attached to an aromatic ring is 1. The van der Waals surface area contributed by atoms with E-state index in [0.29, 0.717) is 24.9 Å². The van der Waals surface area contributed by atoms with Gasteiger partial charge < -0.3 is 16.1 Å². The topological polar surface area (TPSA) is 96.2 Å². The minimum Gasteiger partial charge on any atom is -0.354 e. The highest BCUT2D eigenvalue weighted by Gasteiger charge is 2.19. The Bertz CT molecular complexity index is 434. The van der Waals surface area contributed by atoms with Crippen molar-refractivity contribution in [2.75, 3.05) is 12.0 Å².